The predicted molar refractivity (Wildman–Crippen MR) is 162 cm³/mol. The molecule has 1 N–H and O–H groups in total. The zero-order valence-corrected chi connectivity index (χ0v) is 24.0. The second-order valence-corrected chi connectivity index (χ2v) is 12.3. The van der Waals surface area contributed by atoms with E-state index in [2.05, 4.69) is 73.5 Å². The maximum atomic E-state index is 13.8. The zero-order chi connectivity index (χ0) is 27.4. The number of nitrogens with one attached hydrogen (secondary N) is 1. The molecule has 1 saturated heterocycles. The fourth-order valence-corrected chi connectivity index (χ4v) is 7.05. The van der Waals surface area contributed by atoms with Crippen LogP contribution in [0.3, 0.4) is 0 Å². The van der Waals surface area contributed by atoms with E-state index in [0.717, 1.165) is 29.7 Å². The fraction of sp³-hybridized carbons (Fsp3) is 0.353. The van der Waals surface area contributed by atoms with Gasteiger partial charge in [0.05, 0.1) is 4.91 Å². The molecule has 1 aliphatic heterocycles. The van der Waals surface area contributed by atoms with Gasteiger partial charge in [0.2, 0.25) is 0 Å². The number of hydrogen-bond donors (Lipinski definition) is 1. The smallest absolute Gasteiger partial charge is 0.260 e. The highest BCUT2D eigenvalue weighted by Crippen LogP contribution is 2.43. The van der Waals surface area contributed by atoms with Gasteiger partial charge in [0.25, 0.3) is 11.8 Å². The number of thioether (sulfide) groups is 1. The molecule has 1 saturated carbocycles. The van der Waals surface area contributed by atoms with Gasteiger partial charge < -0.3 is 10.2 Å². The lowest BCUT2D eigenvalue weighted by Crippen LogP contribution is -2.50. The van der Waals surface area contributed by atoms with E-state index in [1.54, 1.807) is 11.8 Å². The summed E-state index contributed by atoms with van der Waals surface area (Å²) in [6.07, 6.45) is 7.44. The molecule has 39 heavy (non-hydrogen) atoms. The van der Waals surface area contributed by atoms with E-state index < -0.39 is 0 Å². The van der Waals surface area contributed by atoms with Gasteiger partial charge in [-0.3, -0.25) is 9.59 Å². The van der Waals surface area contributed by atoms with Crippen molar-refractivity contribution in [3.8, 4) is 0 Å². The van der Waals surface area contributed by atoms with Crippen molar-refractivity contribution in [2.45, 2.75) is 70.7 Å². The second-order valence-electron chi connectivity index (χ2n) is 11.0. The third kappa shape index (κ3) is 6.65. The van der Waals surface area contributed by atoms with Crippen LogP contribution in [0.25, 0.3) is 6.08 Å². The summed E-state index contributed by atoms with van der Waals surface area (Å²) < 4.78 is 0. The van der Waals surface area contributed by atoms with Crippen molar-refractivity contribution in [1.82, 2.24) is 10.2 Å². The Labute approximate surface area is 236 Å². The maximum Gasteiger partial charge on any atom is 0.260 e. The first-order chi connectivity index (χ1) is 18.9. The van der Waals surface area contributed by atoms with E-state index in [-0.39, 0.29) is 11.8 Å². The Morgan fingerprint density at radius 3 is 2.44 bits per heavy atom. The summed E-state index contributed by atoms with van der Waals surface area (Å²) in [5.41, 5.74) is 7.72. The molecule has 1 heterocycles. The van der Waals surface area contributed by atoms with Gasteiger partial charge in [0.1, 0.15) is 0 Å². The van der Waals surface area contributed by atoms with E-state index in [0.29, 0.717) is 29.9 Å². The summed E-state index contributed by atoms with van der Waals surface area (Å²) in [5, 5.41) is 3.46. The van der Waals surface area contributed by atoms with Crippen LogP contribution in [0.2, 0.25) is 0 Å². The molecular weight excluding hydrogens is 500 g/mol. The number of aryl methyl sites for hydroxylation is 3. The number of nitrogens with zero attached hydrogens (tertiary/aromatic N) is 1. The lowest BCUT2D eigenvalue weighted by atomic mass is 9.92. The zero-order valence-electron chi connectivity index (χ0n) is 23.2. The first-order valence-electron chi connectivity index (χ1n) is 14.1. The summed E-state index contributed by atoms with van der Waals surface area (Å²) in [6, 6.07) is 22.8. The SMILES string of the molecule is Cc1ccc(CCNC(=O)c2ccc(/C=C3\SC4CCCCC4N(Cc4cc(C)ccc4C)C3=O)cc2)cc1. The van der Waals surface area contributed by atoms with E-state index >= 15 is 0 Å². The molecule has 2 amide bonds. The van der Waals surface area contributed by atoms with Crippen LogP contribution in [0, 0.1) is 20.8 Å². The molecule has 1 aliphatic carbocycles. The standard InChI is InChI=1S/C34H38N2O2S/c1-23-9-12-26(13-10-23)18-19-35-33(37)28-16-14-27(15-17-28)21-32-34(38)36(30-6-4-5-7-31(30)39-32)22-29-20-24(2)8-11-25(29)3/h8-17,20-21,30-31H,4-7,18-19,22H2,1-3H3,(H,35,37)/b32-21-. The number of carbonyl (C=O) groups excluding carboxylic acids is 2. The summed E-state index contributed by atoms with van der Waals surface area (Å²) in [5.74, 6) is 0.0520. The monoisotopic (exact) mass is 538 g/mol. The van der Waals surface area contributed by atoms with Gasteiger partial charge in [0.15, 0.2) is 0 Å². The summed E-state index contributed by atoms with van der Waals surface area (Å²) >= 11 is 1.75. The molecule has 2 unspecified atom stereocenters. The number of rotatable bonds is 7. The molecule has 0 spiro atoms. The topological polar surface area (TPSA) is 49.4 Å². The number of fused-ring (bicyclic) bond motifs is 1. The third-order valence-corrected chi connectivity index (χ3v) is 9.35. The van der Waals surface area contributed by atoms with Crippen molar-refractivity contribution in [3.05, 3.63) is 111 Å². The Hall–Kier alpha value is -3.31. The van der Waals surface area contributed by atoms with Crippen molar-refractivity contribution in [2.24, 2.45) is 0 Å². The second kappa shape index (κ2) is 12.3. The fourth-order valence-electron chi connectivity index (χ4n) is 5.58. The third-order valence-electron chi connectivity index (χ3n) is 7.95. The molecule has 202 valence electrons. The van der Waals surface area contributed by atoms with Crippen molar-refractivity contribution in [1.29, 1.82) is 0 Å². The van der Waals surface area contributed by atoms with Crippen molar-refractivity contribution < 1.29 is 9.59 Å². The molecule has 5 rings (SSSR count). The lowest BCUT2D eigenvalue weighted by Gasteiger charge is -2.44. The Kier molecular flexibility index (Phi) is 8.56. The van der Waals surface area contributed by atoms with Crippen LogP contribution in [0.4, 0.5) is 0 Å². The molecule has 0 radical (unpaired) electrons. The highest BCUT2D eigenvalue weighted by molar-refractivity contribution is 8.04. The Balaban J connectivity index is 1.27. The Morgan fingerprint density at radius 1 is 0.949 bits per heavy atom. The van der Waals surface area contributed by atoms with Crippen molar-refractivity contribution in [3.63, 3.8) is 0 Å². The van der Waals surface area contributed by atoms with Gasteiger partial charge in [0, 0.05) is 29.9 Å². The molecular formula is C34H38N2O2S. The molecule has 2 aliphatic rings. The highest BCUT2D eigenvalue weighted by atomic mass is 32.2. The number of amides is 2. The van der Waals surface area contributed by atoms with Gasteiger partial charge >= 0.3 is 0 Å². The number of hydrogen-bond acceptors (Lipinski definition) is 3. The lowest BCUT2D eigenvalue weighted by molar-refractivity contribution is -0.130. The summed E-state index contributed by atoms with van der Waals surface area (Å²) in [4.78, 5) is 29.4. The van der Waals surface area contributed by atoms with Crippen LogP contribution in [0.5, 0.6) is 0 Å². The van der Waals surface area contributed by atoms with Crippen molar-refractivity contribution in [2.75, 3.05) is 6.54 Å². The molecule has 3 aromatic rings. The maximum absolute atomic E-state index is 13.8. The molecule has 4 nitrogen and oxygen atoms in total. The first-order valence-corrected chi connectivity index (χ1v) is 14.9. The minimum atomic E-state index is -0.0748. The predicted octanol–water partition coefficient (Wildman–Crippen LogP) is 7.01. The van der Waals surface area contributed by atoms with Gasteiger partial charge in [-0.2, -0.15) is 0 Å². The van der Waals surface area contributed by atoms with Crippen LogP contribution in [-0.2, 0) is 17.8 Å². The molecule has 3 aromatic carbocycles. The van der Waals surface area contributed by atoms with Gasteiger partial charge in [-0.25, -0.2) is 0 Å². The van der Waals surface area contributed by atoms with Gasteiger partial charge in [-0.15, -0.1) is 11.8 Å². The van der Waals surface area contributed by atoms with Crippen molar-refractivity contribution >= 4 is 29.7 Å². The highest BCUT2D eigenvalue weighted by Gasteiger charge is 2.40. The van der Waals surface area contributed by atoms with Gasteiger partial charge in [-0.1, -0.05) is 78.6 Å². The number of carbonyl (C=O) groups is 2. The van der Waals surface area contributed by atoms with Crippen LogP contribution in [0.1, 0.15) is 69.4 Å². The van der Waals surface area contributed by atoms with Crippen LogP contribution < -0.4 is 5.32 Å². The van der Waals surface area contributed by atoms with E-state index in [1.807, 2.05) is 30.3 Å². The molecule has 5 heteroatoms. The van der Waals surface area contributed by atoms with E-state index in [1.165, 1.54) is 40.7 Å². The summed E-state index contributed by atoms with van der Waals surface area (Å²) in [6.45, 7) is 7.57. The molecule has 2 fully saturated rings. The Morgan fingerprint density at radius 2 is 1.67 bits per heavy atom. The minimum Gasteiger partial charge on any atom is -0.352 e. The molecule has 2 atom stereocenters. The average molecular weight is 539 g/mol. The van der Waals surface area contributed by atoms with Gasteiger partial charge in [-0.05, 0) is 80.5 Å². The van der Waals surface area contributed by atoms with Crippen LogP contribution in [0.15, 0.2) is 71.6 Å². The van der Waals surface area contributed by atoms with E-state index in [9.17, 15) is 9.59 Å². The first kappa shape index (κ1) is 27.3. The quantitative estimate of drug-likeness (QED) is 0.329. The normalized spacial score (nSPS) is 20.1. The summed E-state index contributed by atoms with van der Waals surface area (Å²) in [7, 11) is 0. The van der Waals surface area contributed by atoms with Crippen LogP contribution >= 0.6 is 11.8 Å². The Bertz CT molecular complexity index is 1360. The largest absolute Gasteiger partial charge is 0.352 e. The molecule has 0 aromatic heterocycles. The minimum absolute atomic E-state index is 0.0748. The van der Waals surface area contributed by atoms with Crippen LogP contribution in [-0.4, -0.2) is 34.6 Å². The van der Waals surface area contributed by atoms with E-state index in [4.69, 9.17) is 0 Å². The number of benzene rings is 3. The average Bonchev–Trinajstić information content (AvgIpc) is 2.94. The molecule has 0 bridgehead atoms.